The molecule has 1 aliphatic rings. The van der Waals surface area contributed by atoms with E-state index in [9.17, 15) is 9.59 Å². The lowest BCUT2D eigenvalue weighted by Crippen LogP contribution is -2.60. The summed E-state index contributed by atoms with van der Waals surface area (Å²) in [5.41, 5.74) is 0.443. The summed E-state index contributed by atoms with van der Waals surface area (Å²) in [6.45, 7) is 8.69. The first kappa shape index (κ1) is 24.6. The van der Waals surface area contributed by atoms with Gasteiger partial charge >= 0.3 is 11.9 Å². The molecular formula is C20H26I3NO4. The Bertz CT molecular complexity index is 746. The fourth-order valence-corrected chi connectivity index (χ4v) is 5.99. The molecular weight excluding hydrogens is 699 g/mol. The largest absolute Gasteiger partial charge is 0.462 e. The number of carbonyl (C=O) groups excluding carboxylic acids is 2. The van der Waals surface area contributed by atoms with Gasteiger partial charge in [-0.1, -0.05) is 0 Å². The Morgan fingerprint density at radius 2 is 1.68 bits per heavy atom. The second kappa shape index (κ2) is 9.63. The maximum Gasteiger partial charge on any atom is 0.339 e. The predicted octanol–water partition coefficient (Wildman–Crippen LogP) is 5.24. The molecule has 0 N–H and O–H groups in total. The standard InChI is InChI=1S/C20H26I3NO4/c1-19(2)10-13(11-20(3,4)24(19)5)28-16(25)6-7-27-18(26)14-8-12(21)9-15(22)17(14)23/h8-9,13H,6-7,10-11H2,1-5H3. The fourth-order valence-electron chi connectivity index (χ4n) is 3.62. The van der Waals surface area contributed by atoms with Gasteiger partial charge in [-0.2, -0.15) is 0 Å². The highest BCUT2D eigenvalue weighted by Crippen LogP contribution is 2.38. The van der Waals surface area contributed by atoms with Gasteiger partial charge in [-0.05, 0) is 115 Å². The molecule has 0 radical (unpaired) electrons. The Morgan fingerprint density at radius 3 is 2.25 bits per heavy atom. The normalized spacial score (nSPS) is 19.3. The van der Waals surface area contributed by atoms with E-state index in [2.05, 4.69) is 107 Å². The molecule has 1 aromatic rings. The van der Waals surface area contributed by atoms with Crippen LogP contribution in [-0.4, -0.2) is 47.7 Å². The molecule has 0 aromatic heterocycles. The number of halogens is 3. The Hall–Kier alpha value is 0.310. The van der Waals surface area contributed by atoms with E-state index in [1.807, 2.05) is 6.07 Å². The van der Waals surface area contributed by atoms with Crippen molar-refractivity contribution in [3.63, 3.8) is 0 Å². The van der Waals surface area contributed by atoms with Crippen LogP contribution in [0.5, 0.6) is 0 Å². The van der Waals surface area contributed by atoms with E-state index in [-0.39, 0.29) is 36.2 Å². The third-order valence-corrected chi connectivity index (χ3v) is 8.99. The van der Waals surface area contributed by atoms with E-state index in [0.29, 0.717) is 5.56 Å². The quantitative estimate of drug-likeness (QED) is 0.236. The molecule has 0 amide bonds. The SMILES string of the molecule is CN1C(C)(C)CC(OC(=O)CCOC(=O)c2cc(I)cc(I)c2I)CC1(C)C. The highest BCUT2D eigenvalue weighted by atomic mass is 127. The van der Waals surface area contributed by atoms with Crippen LogP contribution in [0.2, 0.25) is 0 Å². The second-order valence-electron chi connectivity index (χ2n) is 8.34. The highest BCUT2D eigenvalue weighted by molar-refractivity contribution is 14.1. The molecule has 28 heavy (non-hydrogen) atoms. The molecule has 1 saturated heterocycles. The molecule has 0 spiro atoms. The van der Waals surface area contributed by atoms with E-state index in [0.717, 1.165) is 23.6 Å². The minimum absolute atomic E-state index is 0.0230. The molecule has 1 aliphatic heterocycles. The summed E-state index contributed by atoms with van der Waals surface area (Å²) in [5, 5.41) is 0. The smallest absolute Gasteiger partial charge is 0.339 e. The summed E-state index contributed by atoms with van der Waals surface area (Å²) < 4.78 is 13.9. The molecule has 5 nitrogen and oxygen atoms in total. The first-order valence-electron chi connectivity index (χ1n) is 9.08. The van der Waals surface area contributed by atoms with Crippen LogP contribution in [-0.2, 0) is 14.3 Å². The lowest BCUT2D eigenvalue weighted by Gasteiger charge is -2.53. The number of piperidine rings is 1. The number of ether oxygens (including phenoxy) is 2. The zero-order valence-electron chi connectivity index (χ0n) is 16.8. The van der Waals surface area contributed by atoms with Crippen molar-refractivity contribution < 1.29 is 19.1 Å². The topological polar surface area (TPSA) is 55.8 Å². The Labute approximate surface area is 208 Å². The minimum atomic E-state index is -0.407. The zero-order chi connectivity index (χ0) is 21.3. The number of likely N-dealkylation sites (tertiary alicyclic amines) is 1. The van der Waals surface area contributed by atoms with Crippen molar-refractivity contribution in [2.75, 3.05) is 13.7 Å². The lowest BCUT2D eigenvalue weighted by molar-refractivity contribution is -0.159. The van der Waals surface area contributed by atoms with Crippen LogP contribution < -0.4 is 0 Å². The van der Waals surface area contributed by atoms with E-state index in [1.165, 1.54) is 0 Å². The van der Waals surface area contributed by atoms with Gasteiger partial charge in [-0.15, -0.1) is 0 Å². The van der Waals surface area contributed by atoms with Crippen LogP contribution in [0.15, 0.2) is 12.1 Å². The van der Waals surface area contributed by atoms with Gasteiger partial charge in [0.1, 0.15) is 12.7 Å². The minimum Gasteiger partial charge on any atom is -0.462 e. The van der Waals surface area contributed by atoms with Crippen LogP contribution in [0, 0.1) is 10.7 Å². The van der Waals surface area contributed by atoms with Gasteiger partial charge in [0, 0.05) is 34.6 Å². The third-order valence-electron chi connectivity index (χ3n) is 5.32. The average Bonchev–Trinajstić information content (AvgIpc) is 2.55. The van der Waals surface area contributed by atoms with Crippen molar-refractivity contribution in [2.24, 2.45) is 0 Å². The van der Waals surface area contributed by atoms with Crippen LogP contribution in [0.3, 0.4) is 0 Å². The number of nitrogens with zero attached hydrogens (tertiary/aromatic N) is 1. The maximum absolute atomic E-state index is 12.4. The molecule has 8 heteroatoms. The van der Waals surface area contributed by atoms with Crippen molar-refractivity contribution in [3.8, 4) is 0 Å². The van der Waals surface area contributed by atoms with Gasteiger partial charge < -0.3 is 9.47 Å². The molecule has 2 rings (SSSR count). The molecule has 1 fully saturated rings. The first-order valence-corrected chi connectivity index (χ1v) is 12.3. The van der Waals surface area contributed by atoms with Crippen LogP contribution in [0.4, 0.5) is 0 Å². The average molecular weight is 725 g/mol. The Kier molecular flexibility index (Phi) is 8.45. The Balaban J connectivity index is 1.87. The molecule has 0 saturated carbocycles. The third kappa shape index (κ3) is 6.16. The summed E-state index contributed by atoms with van der Waals surface area (Å²) in [4.78, 5) is 27.0. The molecule has 156 valence electrons. The molecule has 0 atom stereocenters. The summed E-state index contributed by atoms with van der Waals surface area (Å²) in [6, 6.07) is 3.80. The van der Waals surface area contributed by atoms with Gasteiger partial charge in [0.2, 0.25) is 0 Å². The first-order chi connectivity index (χ1) is 12.8. The second-order valence-corrected chi connectivity index (χ2v) is 11.8. The molecule has 1 aromatic carbocycles. The van der Waals surface area contributed by atoms with E-state index >= 15 is 0 Å². The van der Waals surface area contributed by atoms with E-state index < -0.39 is 5.97 Å². The summed E-state index contributed by atoms with van der Waals surface area (Å²) in [5.74, 6) is -0.726. The lowest BCUT2D eigenvalue weighted by atomic mass is 9.79. The van der Waals surface area contributed by atoms with Gasteiger partial charge in [0.05, 0.1) is 12.0 Å². The van der Waals surface area contributed by atoms with Gasteiger partial charge in [0.25, 0.3) is 0 Å². The van der Waals surface area contributed by atoms with Crippen LogP contribution >= 0.6 is 67.8 Å². The number of hydrogen-bond donors (Lipinski definition) is 0. The summed E-state index contributed by atoms with van der Waals surface area (Å²) >= 11 is 6.51. The van der Waals surface area contributed by atoms with Crippen molar-refractivity contribution >= 4 is 79.7 Å². The molecule has 0 bridgehead atoms. The molecule has 1 heterocycles. The van der Waals surface area contributed by atoms with E-state index in [4.69, 9.17) is 9.47 Å². The Morgan fingerprint density at radius 1 is 1.11 bits per heavy atom. The summed E-state index contributed by atoms with van der Waals surface area (Å²) in [7, 11) is 2.12. The molecule has 0 unspecified atom stereocenters. The van der Waals surface area contributed by atoms with Crippen molar-refractivity contribution in [2.45, 2.75) is 64.1 Å². The predicted molar refractivity (Wildman–Crippen MR) is 135 cm³/mol. The van der Waals surface area contributed by atoms with Crippen LogP contribution in [0.1, 0.15) is 57.3 Å². The number of hydrogen-bond acceptors (Lipinski definition) is 5. The van der Waals surface area contributed by atoms with E-state index in [1.54, 1.807) is 6.07 Å². The number of carbonyl (C=O) groups is 2. The number of rotatable bonds is 5. The maximum atomic E-state index is 12.4. The molecule has 0 aliphatic carbocycles. The van der Waals surface area contributed by atoms with Crippen molar-refractivity contribution in [1.82, 2.24) is 4.90 Å². The zero-order valence-corrected chi connectivity index (χ0v) is 23.2. The number of esters is 2. The summed E-state index contributed by atoms with van der Waals surface area (Å²) in [6.07, 6.45) is 1.52. The number of benzene rings is 1. The highest BCUT2D eigenvalue weighted by Gasteiger charge is 2.44. The fraction of sp³-hybridized carbons (Fsp3) is 0.600. The van der Waals surface area contributed by atoms with Crippen molar-refractivity contribution in [1.29, 1.82) is 0 Å². The monoisotopic (exact) mass is 725 g/mol. The van der Waals surface area contributed by atoms with Crippen molar-refractivity contribution in [3.05, 3.63) is 28.4 Å². The van der Waals surface area contributed by atoms with Gasteiger partial charge in [-0.25, -0.2) is 4.79 Å². The van der Waals surface area contributed by atoms with Crippen LogP contribution in [0.25, 0.3) is 0 Å². The van der Waals surface area contributed by atoms with Gasteiger partial charge in [0.15, 0.2) is 0 Å². The van der Waals surface area contributed by atoms with Gasteiger partial charge in [-0.3, -0.25) is 9.69 Å².